The third-order valence-electron chi connectivity index (χ3n) is 11.0. The van der Waals surface area contributed by atoms with Crippen molar-refractivity contribution < 1.29 is 28.2 Å². The Hall–Kier alpha value is -5.26. The summed E-state index contributed by atoms with van der Waals surface area (Å²) in [6.45, 7) is 10.1. The van der Waals surface area contributed by atoms with E-state index in [1.54, 1.807) is 37.7 Å². The standard InChI is InChI=1S/C52H60FN3O5S2/c1-36(2)60-49(58)45(31-33-62-6)55-48(57)44-34-43(29-26-38(44)25-22-37-23-27-42(53)28-24-37)54-35-46-47(30-32-56(46)50(59)61-51(3,4)5)63-52(39-16-10-7-11-17-39,40-18-12-8-13-19-40)41-20-14-9-15-21-41/h7-21,23-24,26-29,34,36,45-47,54H,22,25,30-33,35H2,1-6H3,(H,55,57)/t45-,46+,47+/m0/s1. The predicted molar refractivity (Wildman–Crippen MR) is 256 cm³/mol. The monoisotopic (exact) mass is 889 g/mol. The van der Waals surface area contributed by atoms with E-state index in [4.69, 9.17) is 9.47 Å². The second-order valence-corrected chi connectivity index (χ2v) is 19.6. The van der Waals surface area contributed by atoms with E-state index in [2.05, 4.69) is 83.4 Å². The largest absolute Gasteiger partial charge is 0.461 e. The number of carbonyl (C=O) groups is 3. The van der Waals surface area contributed by atoms with E-state index in [9.17, 15) is 18.8 Å². The Bertz CT molecular complexity index is 2160. The number of halogens is 1. The Morgan fingerprint density at radius 2 is 1.40 bits per heavy atom. The molecule has 2 N–H and O–H groups in total. The van der Waals surface area contributed by atoms with Crippen LogP contribution in [0.3, 0.4) is 0 Å². The van der Waals surface area contributed by atoms with Crippen LogP contribution in [0.4, 0.5) is 14.9 Å². The number of nitrogens with zero attached hydrogens (tertiary/aromatic N) is 1. The van der Waals surface area contributed by atoms with Crippen LogP contribution in [-0.4, -0.2) is 77.0 Å². The number of nitrogens with one attached hydrogen (secondary N) is 2. The van der Waals surface area contributed by atoms with Crippen LogP contribution < -0.4 is 10.6 Å². The van der Waals surface area contributed by atoms with Gasteiger partial charge in [0.1, 0.15) is 17.5 Å². The second-order valence-electron chi connectivity index (χ2n) is 17.1. The van der Waals surface area contributed by atoms with Crippen LogP contribution in [0.1, 0.15) is 85.6 Å². The number of esters is 1. The molecule has 0 aromatic heterocycles. The molecule has 2 amide bonds. The highest BCUT2D eigenvalue weighted by Crippen LogP contribution is 2.52. The Kier molecular flexibility index (Phi) is 16.4. The molecule has 1 aliphatic rings. The maximum atomic E-state index is 14.3. The molecule has 5 aromatic rings. The maximum Gasteiger partial charge on any atom is 0.410 e. The van der Waals surface area contributed by atoms with E-state index in [-0.39, 0.29) is 35.2 Å². The van der Waals surface area contributed by atoms with Gasteiger partial charge in [0.15, 0.2) is 0 Å². The van der Waals surface area contributed by atoms with Gasteiger partial charge in [-0.25, -0.2) is 14.0 Å². The zero-order valence-corrected chi connectivity index (χ0v) is 38.8. The summed E-state index contributed by atoms with van der Waals surface area (Å²) in [4.78, 5) is 43.4. The molecule has 1 heterocycles. The number of carbonyl (C=O) groups excluding carboxylic acids is 3. The van der Waals surface area contributed by atoms with Crippen LogP contribution in [0, 0.1) is 5.82 Å². The van der Waals surface area contributed by atoms with Gasteiger partial charge in [0.2, 0.25) is 0 Å². The summed E-state index contributed by atoms with van der Waals surface area (Å²) in [6.07, 6.45) is 3.48. The smallest absolute Gasteiger partial charge is 0.410 e. The lowest BCUT2D eigenvalue weighted by atomic mass is 9.84. The van der Waals surface area contributed by atoms with E-state index >= 15 is 0 Å². The lowest BCUT2D eigenvalue weighted by Gasteiger charge is -2.39. The molecule has 1 saturated heterocycles. The molecule has 1 fully saturated rings. The van der Waals surface area contributed by atoms with Gasteiger partial charge < -0.3 is 25.0 Å². The van der Waals surface area contributed by atoms with Crippen LogP contribution in [0.2, 0.25) is 0 Å². The highest BCUT2D eigenvalue weighted by atomic mass is 32.2. The van der Waals surface area contributed by atoms with E-state index in [1.165, 1.54) is 12.1 Å². The minimum Gasteiger partial charge on any atom is -0.461 e. The Morgan fingerprint density at radius 3 is 1.94 bits per heavy atom. The van der Waals surface area contributed by atoms with E-state index in [0.717, 1.165) is 34.2 Å². The minimum absolute atomic E-state index is 0.0486. The number of aryl methyl sites for hydroxylation is 2. The summed E-state index contributed by atoms with van der Waals surface area (Å²) in [7, 11) is 0. The van der Waals surface area contributed by atoms with Gasteiger partial charge in [0.05, 0.1) is 16.9 Å². The first-order valence-electron chi connectivity index (χ1n) is 21.7. The van der Waals surface area contributed by atoms with Crippen LogP contribution in [0.5, 0.6) is 0 Å². The van der Waals surface area contributed by atoms with Crippen molar-refractivity contribution in [3.8, 4) is 0 Å². The second kappa shape index (κ2) is 21.9. The van der Waals surface area contributed by atoms with Crippen molar-refractivity contribution in [3.05, 3.63) is 173 Å². The summed E-state index contributed by atoms with van der Waals surface area (Å²) in [5.74, 6) is -0.508. The first kappa shape index (κ1) is 47.2. The SMILES string of the molecule is CSCC[C@H](NC(=O)c1cc(NC[C@@H]2[C@H](SC(c3ccccc3)(c3ccccc3)c3ccccc3)CCN2C(=O)OC(C)(C)C)ccc1CCc1ccc(F)cc1)C(=O)OC(C)C. The first-order valence-corrected chi connectivity index (χ1v) is 24.0. The van der Waals surface area contributed by atoms with Crippen molar-refractivity contribution in [3.63, 3.8) is 0 Å². The summed E-state index contributed by atoms with van der Waals surface area (Å²) in [5, 5.41) is 6.57. The van der Waals surface area contributed by atoms with Crippen molar-refractivity contribution in [2.24, 2.45) is 0 Å². The topological polar surface area (TPSA) is 97.0 Å². The van der Waals surface area contributed by atoms with E-state index in [0.29, 0.717) is 49.4 Å². The van der Waals surface area contributed by atoms with Gasteiger partial charge in [-0.3, -0.25) is 4.79 Å². The molecule has 0 bridgehead atoms. The van der Waals surface area contributed by atoms with Gasteiger partial charge in [-0.1, -0.05) is 109 Å². The molecule has 0 aliphatic carbocycles. The molecule has 3 atom stereocenters. The quantitative estimate of drug-likeness (QED) is 0.0663. The average Bonchev–Trinajstić information content (AvgIpc) is 3.68. The number of thioether (sulfide) groups is 2. The van der Waals surface area contributed by atoms with Gasteiger partial charge in [-0.05, 0) is 124 Å². The number of hydrogen-bond acceptors (Lipinski definition) is 8. The number of benzene rings is 5. The van der Waals surface area contributed by atoms with Crippen LogP contribution in [0.25, 0.3) is 0 Å². The Labute approximate surface area is 381 Å². The number of likely N-dealkylation sites (tertiary alicyclic amines) is 1. The normalized spacial score (nSPS) is 15.8. The summed E-state index contributed by atoms with van der Waals surface area (Å²) < 4.78 is 24.7. The third kappa shape index (κ3) is 12.5. The van der Waals surface area contributed by atoms with Crippen molar-refractivity contribution in [2.45, 2.75) is 94.1 Å². The van der Waals surface area contributed by atoms with Gasteiger partial charge in [0.25, 0.3) is 5.91 Å². The van der Waals surface area contributed by atoms with Crippen LogP contribution >= 0.6 is 23.5 Å². The number of rotatable bonds is 18. The molecule has 11 heteroatoms. The lowest BCUT2D eigenvalue weighted by Crippen LogP contribution is -2.46. The fourth-order valence-electron chi connectivity index (χ4n) is 8.00. The Balaban J connectivity index is 1.36. The summed E-state index contributed by atoms with van der Waals surface area (Å²) in [6, 6.07) is 42.6. The zero-order valence-electron chi connectivity index (χ0n) is 37.1. The minimum atomic E-state index is -0.827. The lowest BCUT2D eigenvalue weighted by molar-refractivity contribution is -0.149. The molecule has 0 saturated carbocycles. The molecule has 0 radical (unpaired) electrons. The molecule has 332 valence electrons. The van der Waals surface area contributed by atoms with Gasteiger partial charge in [-0.2, -0.15) is 11.8 Å². The molecule has 0 unspecified atom stereocenters. The number of amides is 2. The molecule has 1 aliphatic heterocycles. The van der Waals surface area contributed by atoms with Crippen molar-refractivity contribution in [1.82, 2.24) is 10.2 Å². The van der Waals surface area contributed by atoms with Crippen LogP contribution in [-0.2, 0) is 31.9 Å². The van der Waals surface area contributed by atoms with E-state index in [1.807, 2.05) is 80.1 Å². The highest BCUT2D eigenvalue weighted by Gasteiger charge is 2.46. The van der Waals surface area contributed by atoms with Gasteiger partial charge in [0, 0.05) is 29.6 Å². The number of ether oxygens (including phenoxy) is 2. The molecule has 6 rings (SSSR count). The van der Waals surface area contributed by atoms with Crippen LogP contribution in [0.15, 0.2) is 133 Å². The number of anilines is 1. The molecule has 8 nitrogen and oxygen atoms in total. The fourth-order valence-corrected chi connectivity index (χ4v) is 10.4. The fraction of sp³-hybridized carbons (Fsp3) is 0.365. The molecular formula is C52H60FN3O5S2. The molecule has 0 spiro atoms. The van der Waals surface area contributed by atoms with Crippen molar-refractivity contribution >= 4 is 47.2 Å². The predicted octanol–water partition coefficient (Wildman–Crippen LogP) is 10.9. The zero-order chi connectivity index (χ0) is 45.0. The van der Waals surface area contributed by atoms with Gasteiger partial charge >= 0.3 is 12.1 Å². The number of hydrogen-bond donors (Lipinski definition) is 2. The van der Waals surface area contributed by atoms with Crippen molar-refractivity contribution in [1.29, 1.82) is 0 Å². The van der Waals surface area contributed by atoms with Gasteiger partial charge in [-0.15, -0.1) is 11.8 Å². The maximum absolute atomic E-state index is 14.3. The Morgan fingerprint density at radius 1 is 0.810 bits per heavy atom. The summed E-state index contributed by atoms with van der Waals surface area (Å²) >= 11 is 3.44. The third-order valence-corrected chi connectivity index (χ3v) is 13.6. The molecule has 5 aromatic carbocycles. The first-order chi connectivity index (χ1) is 30.3. The molecular weight excluding hydrogens is 830 g/mol. The highest BCUT2D eigenvalue weighted by molar-refractivity contribution is 8.01. The van der Waals surface area contributed by atoms with E-state index < -0.39 is 22.4 Å². The summed E-state index contributed by atoms with van der Waals surface area (Å²) in [5.41, 5.74) is 5.55. The van der Waals surface area contributed by atoms with Crippen molar-refractivity contribution in [2.75, 3.05) is 30.4 Å². The molecule has 63 heavy (non-hydrogen) atoms. The average molecular weight is 890 g/mol.